The zero-order chi connectivity index (χ0) is 14.7. The second-order valence-corrected chi connectivity index (χ2v) is 5.13. The maximum Gasteiger partial charge on any atom is 0.254 e. The fourth-order valence-corrected chi connectivity index (χ4v) is 2.13. The van der Waals surface area contributed by atoms with Gasteiger partial charge in [0.2, 0.25) is 5.91 Å². The highest BCUT2D eigenvalue weighted by Gasteiger charge is 2.17. The van der Waals surface area contributed by atoms with E-state index in [1.165, 1.54) is 4.90 Å². The van der Waals surface area contributed by atoms with Crippen LogP contribution in [0, 0.1) is 0 Å². The Bertz CT molecular complexity index is 631. The maximum absolute atomic E-state index is 12.4. The quantitative estimate of drug-likeness (QED) is 0.891. The van der Waals surface area contributed by atoms with E-state index in [0.29, 0.717) is 5.56 Å². The number of aromatic nitrogens is 1. The number of benzene rings is 1. The lowest BCUT2D eigenvalue weighted by Gasteiger charge is -2.18. The maximum atomic E-state index is 12.4. The smallest absolute Gasteiger partial charge is 0.254 e. The lowest BCUT2D eigenvalue weighted by molar-refractivity contribution is -0.122. The minimum Gasteiger partial charge on any atom is -0.361 e. The van der Waals surface area contributed by atoms with Crippen molar-refractivity contribution in [2.75, 3.05) is 13.6 Å². The molecule has 2 amide bonds. The van der Waals surface area contributed by atoms with Crippen molar-refractivity contribution < 1.29 is 9.59 Å². The Kier molecular flexibility index (Phi) is 4.08. The van der Waals surface area contributed by atoms with Crippen molar-refractivity contribution in [3.05, 3.63) is 36.0 Å². The number of carbonyl (C=O) groups excluding carboxylic acids is 2. The van der Waals surface area contributed by atoms with Crippen molar-refractivity contribution in [2.45, 2.75) is 19.9 Å². The monoisotopic (exact) mass is 273 g/mol. The Labute approximate surface area is 118 Å². The number of nitrogens with zero attached hydrogens (tertiary/aromatic N) is 1. The summed E-state index contributed by atoms with van der Waals surface area (Å²) in [5.41, 5.74) is 1.51. The van der Waals surface area contributed by atoms with Gasteiger partial charge in [0.25, 0.3) is 5.91 Å². The normalized spacial score (nSPS) is 10.8. The van der Waals surface area contributed by atoms with Gasteiger partial charge in [-0.3, -0.25) is 9.59 Å². The predicted molar refractivity (Wildman–Crippen MR) is 78.5 cm³/mol. The van der Waals surface area contributed by atoms with Crippen LogP contribution in [0.2, 0.25) is 0 Å². The van der Waals surface area contributed by atoms with Crippen LogP contribution < -0.4 is 5.32 Å². The molecule has 2 aromatic rings. The van der Waals surface area contributed by atoms with Crippen molar-refractivity contribution in [2.24, 2.45) is 0 Å². The minimum atomic E-state index is -0.158. The molecule has 1 heterocycles. The minimum absolute atomic E-state index is 0.0534. The Balaban J connectivity index is 2.14. The van der Waals surface area contributed by atoms with Gasteiger partial charge < -0.3 is 15.2 Å². The number of carbonyl (C=O) groups is 2. The number of hydrogen-bond donors (Lipinski definition) is 2. The summed E-state index contributed by atoms with van der Waals surface area (Å²) in [6.45, 7) is 3.83. The van der Waals surface area contributed by atoms with Crippen molar-refractivity contribution >= 4 is 22.7 Å². The van der Waals surface area contributed by atoms with Crippen LogP contribution in [0.3, 0.4) is 0 Å². The highest BCUT2D eigenvalue weighted by Crippen LogP contribution is 2.18. The van der Waals surface area contributed by atoms with E-state index < -0.39 is 0 Å². The first-order chi connectivity index (χ1) is 9.49. The van der Waals surface area contributed by atoms with E-state index >= 15 is 0 Å². The largest absolute Gasteiger partial charge is 0.361 e. The van der Waals surface area contributed by atoms with E-state index in [9.17, 15) is 9.59 Å². The highest BCUT2D eigenvalue weighted by atomic mass is 16.2. The predicted octanol–water partition coefficient (Wildman–Crippen LogP) is 1.76. The van der Waals surface area contributed by atoms with Crippen molar-refractivity contribution in [3.63, 3.8) is 0 Å². The Morgan fingerprint density at radius 2 is 2.05 bits per heavy atom. The zero-order valence-corrected chi connectivity index (χ0v) is 11.9. The van der Waals surface area contributed by atoms with Gasteiger partial charge in [0.1, 0.15) is 0 Å². The zero-order valence-electron chi connectivity index (χ0n) is 11.9. The first kappa shape index (κ1) is 14.1. The lowest BCUT2D eigenvalue weighted by atomic mass is 10.1. The molecule has 106 valence electrons. The van der Waals surface area contributed by atoms with Gasteiger partial charge in [-0.05, 0) is 32.0 Å². The molecule has 0 saturated carbocycles. The molecule has 1 aromatic heterocycles. The van der Waals surface area contributed by atoms with Crippen LogP contribution in [-0.4, -0.2) is 41.3 Å². The summed E-state index contributed by atoms with van der Waals surface area (Å²) in [6.07, 6.45) is 1.80. The number of likely N-dealkylation sites (N-methyl/N-ethyl adjacent to an activating group) is 1. The van der Waals surface area contributed by atoms with Crippen LogP contribution in [0.25, 0.3) is 10.9 Å². The van der Waals surface area contributed by atoms with Gasteiger partial charge in [-0.25, -0.2) is 0 Å². The van der Waals surface area contributed by atoms with Gasteiger partial charge >= 0.3 is 0 Å². The summed E-state index contributed by atoms with van der Waals surface area (Å²) in [4.78, 5) is 28.6. The fraction of sp³-hybridized carbons (Fsp3) is 0.333. The number of fused-ring (bicyclic) bond motifs is 1. The summed E-state index contributed by atoms with van der Waals surface area (Å²) >= 11 is 0. The van der Waals surface area contributed by atoms with Gasteiger partial charge in [0, 0.05) is 35.8 Å². The number of rotatable bonds is 4. The van der Waals surface area contributed by atoms with E-state index in [0.717, 1.165) is 10.9 Å². The Hall–Kier alpha value is -2.30. The van der Waals surface area contributed by atoms with Crippen LogP contribution in [-0.2, 0) is 4.79 Å². The van der Waals surface area contributed by atoms with E-state index in [4.69, 9.17) is 0 Å². The molecule has 0 aliphatic rings. The summed E-state index contributed by atoms with van der Waals surface area (Å²) in [6, 6.07) is 7.45. The molecule has 5 heteroatoms. The number of amides is 2. The molecule has 5 nitrogen and oxygen atoms in total. The summed E-state index contributed by atoms with van der Waals surface area (Å²) in [5.74, 6) is -0.314. The summed E-state index contributed by atoms with van der Waals surface area (Å²) in [7, 11) is 1.63. The molecule has 0 aliphatic heterocycles. The molecular weight excluding hydrogens is 254 g/mol. The van der Waals surface area contributed by atoms with E-state index in [-0.39, 0.29) is 24.4 Å². The molecule has 2 rings (SSSR count). The molecule has 20 heavy (non-hydrogen) atoms. The topological polar surface area (TPSA) is 65.2 Å². The second kappa shape index (κ2) is 5.77. The summed E-state index contributed by atoms with van der Waals surface area (Å²) in [5, 5.41) is 3.64. The molecule has 0 atom stereocenters. The Morgan fingerprint density at radius 3 is 2.75 bits per heavy atom. The number of aromatic amines is 1. The fourth-order valence-electron chi connectivity index (χ4n) is 2.13. The molecule has 0 radical (unpaired) electrons. The Morgan fingerprint density at radius 1 is 1.30 bits per heavy atom. The van der Waals surface area contributed by atoms with Crippen LogP contribution in [0.1, 0.15) is 24.2 Å². The molecule has 0 spiro atoms. The number of H-pyrrole nitrogens is 1. The molecular formula is C15H19N3O2. The first-order valence-corrected chi connectivity index (χ1v) is 6.60. The van der Waals surface area contributed by atoms with E-state index in [1.54, 1.807) is 19.3 Å². The third kappa shape index (κ3) is 2.99. The van der Waals surface area contributed by atoms with Crippen molar-refractivity contribution in [1.82, 2.24) is 15.2 Å². The SMILES string of the molecule is CC(C)NC(=O)CN(C)C(=O)c1cccc2[nH]ccc12. The van der Waals surface area contributed by atoms with Crippen LogP contribution in [0.5, 0.6) is 0 Å². The molecule has 2 N–H and O–H groups in total. The van der Waals surface area contributed by atoms with Gasteiger partial charge in [0.15, 0.2) is 0 Å². The lowest BCUT2D eigenvalue weighted by Crippen LogP contribution is -2.40. The molecule has 0 saturated heterocycles. The van der Waals surface area contributed by atoms with Gasteiger partial charge in [-0.1, -0.05) is 6.07 Å². The van der Waals surface area contributed by atoms with Crippen molar-refractivity contribution in [1.29, 1.82) is 0 Å². The van der Waals surface area contributed by atoms with Crippen molar-refractivity contribution in [3.8, 4) is 0 Å². The summed E-state index contributed by atoms with van der Waals surface area (Å²) < 4.78 is 0. The molecule has 0 aliphatic carbocycles. The van der Waals surface area contributed by atoms with Crippen LogP contribution >= 0.6 is 0 Å². The average molecular weight is 273 g/mol. The third-order valence-electron chi connectivity index (χ3n) is 3.00. The standard InChI is InChI=1S/C15H19N3O2/c1-10(2)17-14(19)9-18(3)15(20)12-5-4-6-13-11(12)7-8-16-13/h4-8,10,16H,9H2,1-3H3,(H,17,19). The second-order valence-electron chi connectivity index (χ2n) is 5.13. The molecule has 0 bridgehead atoms. The number of hydrogen-bond acceptors (Lipinski definition) is 2. The van der Waals surface area contributed by atoms with Gasteiger partial charge in [-0.15, -0.1) is 0 Å². The first-order valence-electron chi connectivity index (χ1n) is 6.60. The van der Waals surface area contributed by atoms with Gasteiger partial charge in [0.05, 0.1) is 6.54 Å². The average Bonchev–Trinajstić information content (AvgIpc) is 2.84. The van der Waals surface area contributed by atoms with E-state index in [1.807, 2.05) is 32.0 Å². The molecule has 0 fully saturated rings. The molecule has 0 unspecified atom stereocenters. The van der Waals surface area contributed by atoms with Gasteiger partial charge in [-0.2, -0.15) is 0 Å². The van der Waals surface area contributed by atoms with Crippen LogP contribution in [0.15, 0.2) is 30.5 Å². The highest BCUT2D eigenvalue weighted by molar-refractivity contribution is 6.07. The molecule has 1 aromatic carbocycles. The van der Waals surface area contributed by atoms with Crippen LogP contribution in [0.4, 0.5) is 0 Å². The third-order valence-corrected chi connectivity index (χ3v) is 3.00. The van der Waals surface area contributed by atoms with E-state index in [2.05, 4.69) is 10.3 Å². The number of nitrogens with one attached hydrogen (secondary N) is 2.